The van der Waals surface area contributed by atoms with Crippen molar-refractivity contribution in [3.63, 3.8) is 0 Å². The van der Waals surface area contributed by atoms with E-state index in [4.69, 9.17) is 5.73 Å². The third kappa shape index (κ3) is 3.27. The minimum atomic E-state index is 0.433. The minimum Gasteiger partial charge on any atom is -0.382 e. The topological polar surface area (TPSA) is 63.8 Å². The molecule has 0 saturated heterocycles. The molecule has 1 aromatic heterocycles. The molecule has 4 heteroatoms. The molecular formula is C9H16N4. The molecule has 0 saturated carbocycles. The van der Waals surface area contributed by atoms with Crippen molar-refractivity contribution in [2.24, 2.45) is 0 Å². The number of nitrogens with zero attached hydrogens (tertiary/aromatic N) is 2. The third-order valence-corrected chi connectivity index (χ3v) is 1.80. The molecule has 0 aromatic carbocycles. The Morgan fingerprint density at radius 3 is 2.77 bits per heavy atom. The van der Waals surface area contributed by atoms with Gasteiger partial charge in [0.2, 0.25) is 0 Å². The van der Waals surface area contributed by atoms with Crippen molar-refractivity contribution >= 4 is 11.6 Å². The van der Waals surface area contributed by atoms with Gasteiger partial charge in [0.15, 0.2) is 0 Å². The zero-order valence-electron chi connectivity index (χ0n) is 8.12. The van der Waals surface area contributed by atoms with E-state index in [0.29, 0.717) is 11.9 Å². The highest BCUT2D eigenvalue weighted by molar-refractivity contribution is 5.38. The first kappa shape index (κ1) is 9.77. The summed E-state index contributed by atoms with van der Waals surface area (Å²) in [6.07, 6.45) is 2.29. The van der Waals surface area contributed by atoms with E-state index < -0.39 is 0 Å². The molecule has 72 valence electrons. The summed E-state index contributed by atoms with van der Waals surface area (Å²) in [7, 11) is 0. The van der Waals surface area contributed by atoms with Crippen molar-refractivity contribution < 1.29 is 0 Å². The average Bonchev–Trinajstić information content (AvgIpc) is 2.09. The van der Waals surface area contributed by atoms with Crippen molar-refractivity contribution in [3.05, 3.63) is 12.1 Å². The SMILES string of the molecule is CCCC(C)Nc1ccc(N)nn1. The fourth-order valence-electron chi connectivity index (χ4n) is 1.18. The van der Waals surface area contributed by atoms with Crippen LogP contribution < -0.4 is 11.1 Å². The quantitative estimate of drug-likeness (QED) is 0.739. The summed E-state index contributed by atoms with van der Waals surface area (Å²) >= 11 is 0. The van der Waals surface area contributed by atoms with Gasteiger partial charge in [-0.15, -0.1) is 10.2 Å². The van der Waals surface area contributed by atoms with Crippen LogP contribution in [-0.2, 0) is 0 Å². The Hall–Kier alpha value is -1.32. The molecular weight excluding hydrogens is 164 g/mol. The first-order chi connectivity index (χ1) is 6.22. The predicted molar refractivity (Wildman–Crippen MR) is 54.4 cm³/mol. The number of rotatable bonds is 4. The lowest BCUT2D eigenvalue weighted by Gasteiger charge is -2.12. The molecule has 0 fully saturated rings. The van der Waals surface area contributed by atoms with Crippen molar-refractivity contribution in [2.75, 3.05) is 11.1 Å². The van der Waals surface area contributed by atoms with Gasteiger partial charge in [0.05, 0.1) is 0 Å². The van der Waals surface area contributed by atoms with Crippen LogP contribution in [0.2, 0.25) is 0 Å². The van der Waals surface area contributed by atoms with Gasteiger partial charge in [-0.05, 0) is 25.5 Å². The van der Waals surface area contributed by atoms with E-state index in [-0.39, 0.29) is 0 Å². The summed E-state index contributed by atoms with van der Waals surface area (Å²) in [5.41, 5.74) is 5.41. The molecule has 1 heterocycles. The van der Waals surface area contributed by atoms with Crippen molar-refractivity contribution in [3.8, 4) is 0 Å². The predicted octanol–water partition coefficient (Wildman–Crippen LogP) is 1.66. The Morgan fingerprint density at radius 2 is 2.23 bits per heavy atom. The second kappa shape index (κ2) is 4.64. The van der Waals surface area contributed by atoms with Crippen LogP contribution in [0.1, 0.15) is 26.7 Å². The van der Waals surface area contributed by atoms with E-state index in [1.165, 1.54) is 0 Å². The highest BCUT2D eigenvalue weighted by Crippen LogP contribution is 2.07. The van der Waals surface area contributed by atoms with E-state index in [1.54, 1.807) is 6.07 Å². The highest BCUT2D eigenvalue weighted by atomic mass is 15.2. The van der Waals surface area contributed by atoms with Crippen LogP contribution in [0.25, 0.3) is 0 Å². The molecule has 1 atom stereocenters. The van der Waals surface area contributed by atoms with Gasteiger partial charge in [-0.2, -0.15) is 0 Å². The van der Waals surface area contributed by atoms with E-state index >= 15 is 0 Å². The molecule has 1 aromatic rings. The van der Waals surface area contributed by atoms with Gasteiger partial charge >= 0.3 is 0 Å². The summed E-state index contributed by atoms with van der Waals surface area (Å²) in [6.45, 7) is 4.29. The zero-order valence-corrected chi connectivity index (χ0v) is 8.12. The smallest absolute Gasteiger partial charge is 0.149 e. The lowest BCUT2D eigenvalue weighted by molar-refractivity contribution is 0.685. The van der Waals surface area contributed by atoms with Crippen LogP contribution in [0.4, 0.5) is 11.6 Å². The van der Waals surface area contributed by atoms with Crippen LogP contribution >= 0.6 is 0 Å². The van der Waals surface area contributed by atoms with Crippen molar-refractivity contribution in [1.82, 2.24) is 10.2 Å². The number of hydrogen-bond donors (Lipinski definition) is 2. The molecule has 13 heavy (non-hydrogen) atoms. The monoisotopic (exact) mass is 180 g/mol. The van der Waals surface area contributed by atoms with E-state index in [0.717, 1.165) is 18.7 Å². The van der Waals surface area contributed by atoms with Crippen LogP contribution in [0, 0.1) is 0 Å². The molecule has 0 radical (unpaired) electrons. The van der Waals surface area contributed by atoms with E-state index in [9.17, 15) is 0 Å². The lowest BCUT2D eigenvalue weighted by atomic mass is 10.2. The number of nitrogens with one attached hydrogen (secondary N) is 1. The summed E-state index contributed by atoms with van der Waals surface area (Å²) in [5, 5.41) is 10.9. The average molecular weight is 180 g/mol. The molecule has 1 rings (SSSR count). The summed E-state index contributed by atoms with van der Waals surface area (Å²) in [6, 6.07) is 4.02. The van der Waals surface area contributed by atoms with Gasteiger partial charge in [0, 0.05) is 6.04 Å². The van der Waals surface area contributed by atoms with Crippen LogP contribution in [-0.4, -0.2) is 16.2 Å². The van der Waals surface area contributed by atoms with Gasteiger partial charge in [-0.1, -0.05) is 13.3 Å². The fourth-order valence-corrected chi connectivity index (χ4v) is 1.18. The maximum Gasteiger partial charge on any atom is 0.149 e. The Bertz CT molecular complexity index is 244. The molecule has 4 nitrogen and oxygen atoms in total. The fraction of sp³-hybridized carbons (Fsp3) is 0.556. The van der Waals surface area contributed by atoms with Crippen LogP contribution in [0.3, 0.4) is 0 Å². The Balaban J connectivity index is 2.49. The number of hydrogen-bond acceptors (Lipinski definition) is 4. The first-order valence-corrected chi connectivity index (χ1v) is 4.58. The maximum absolute atomic E-state index is 5.41. The second-order valence-corrected chi connectivity index (χ2v) is 3.18. The molecule has 0 amide bonds. The first-order valence-electron chi connectivity index (χ1n) is 4.58. The third-order valence-electron chi connectivity index (χ3n) is 1.80. The Labute approximate surface area is 78.6 Å². The standard InChI is InChI=1S/C9H16N4/c1-3-4-7(2)11-9-6-5-8(10)12-13-9/h5-7H,3-4H2,1-2H3,(H2,10,12)(H,11,13). The van der Waals surface area contributed by atoms with Gasteiger partial charge in [0.1, 0.15) is 11.6 Å². The Kier molecular flexibility index (Phi) is 3.49. The largest absolute Gasteiger partial charge is 0.382 e. The summed E-state index contributed by atoms with van der Waals surface area (Å²) < 4.78 is 0. The second-order valence-electron chi connectivity index (χ2n) is 3.18. The van der Waals surface area contributed by atoms with Gasteiger partial charge in [-0.25, -0.2) is 0 Å². The molecule has 0 aliphatic carbocycles. The summed E-state index contributed by atoms with van der Waals surface area (Å²) in [5.74, 6) is 1.24. The normalized spacial score (nSPS) is 12.5. The molecule has 0 aliphatic rings. The lowest BCUT2D eigenvalue weighted by Crippen LogP contribution is -2.15. The highest BCUT2D eigenvalue weighted by Gasteiger charge is 2.00. The van der Waals surface area contributed by atoms with Crippen LogP contribution in [0.15, 0.2) is 12.1 Å². The number of nitrogen functional groups attached to an aromatic ring is 1. The van der Waals surface area contributed by atoms with Gasteiger partial charge < -0.3 is 11.1 Å². The number of nitrogens with two attached hydrogens (primary N) is 1. The summed E-state index contributed by atoms with van der Waals surface area (Å²) in [4.78, 5) is 0. The van der Waals surface area contributed by atoms with Crippen LogP contribution in [0.5, 0.6) is 0 Å². The molecule has 0 spiro atoms. The van der Waals surface area contributed by atoms with E-state index in [1.807, 2.05) is 6.07 Å². The molecule has 0 aliphatic heterocycles. The van der Waals surface area contributed by atoms with Gasteiger partial charge in [0.25, 0.3) is 0 Å². The van der Waals surface area contributed by atoms with Gasteiger partial charge in [-0.3, -0.25) is 0 Å². The van der Waals surface area contributed by atoms with E-state index in [2.05, 4.69) is 29.4 Å². The minimum absolute atomic E-state index is 0.433. The molecule has 3 N–H and O–H groups in total. The molecule has 1 unspecified atom stereocenters. The Morgan fingerprint density at radius 1 is 1.46 bits per heavy atom. The number of anilines is 2. The van der Waals surface area contributed by atoms with Crippen molar-refractivity contribution in [2.45, 2.75) is 32.7 Å². The number of aromatic nitrogens is 2. The van der Waals surface area contributed by atoms with Crippen molar-refractivity contribution in [1.29, 1.82) is 0 Å². The zero-order chi connectivity index (χ0) is 9.68. The maximum atomic E-state index is 5.41. The molecule has 0 bridgehead atoms.